The number of carbonyl (C=O) groups excluding carboxylic acids is 4. The van der Waals surface area contributed by atoms with Crippen LogP contribution in [-0.2, 0) is 36.0 Å². The molecule has 0 spiro atoms. The Morgan fingerprint density at radius 1 is 1.22 bits per heavy atom. The van der Waals surface area contributed by atoms with Crippen LogP contribution in [0.5, 0.6) is 0 Å². The van der Waals surface area contributed by atoms with Crippen LogP contribution in [0.3, 0.4) is 0 Å². The number of rotatable bonds is 8. The van der Waals surface area contributed by atoms with Crippen LogP contribution >= 0.6 is 0 Å². The summed E-state index contributed by atoms with van der Waals surface area (Å²) in [5.74, 6) is -2.83. The van der Waals surface area contributed by atoms with Crippen molar-refractivity contribution in [1.29, 1.82) is 0 Å². The van der Waals surface area contributed by atoms with E-state index in [-0.39, 0.29) is 16.7 Å². The number of benzene rings is 1. The summed E-state index contributed by atoms with van der Waals surface area (Å²) < 4.78 is 42.4. The average Bonchev–Trinajstić information content (AvgIpc) is 3.57. The number of hydrogen-bond acceptors (Lipinski definition) is 9. The van der Waals surface area contributed by atoms with Crippen LogP contribution in [0, 0.1) is 0 Å². The first kappa shape index (κ1) is 25.3. The van der Waals surface area contributed by atoms with Crippen LogP contribution < -0.4 is 10.6 Å². The maximum Gasteiger partial charge on any atom is 0.418 e. The minimum atomic E-state index is -4.77. The van der Waals surface area contributed by atoms with Gasteiger partial charge in [0.2, 0.25) is 5.91 Å². The Morgan fingerprint density at radius 2 is 1.97 bits per heavy atom. The van der Waals surface area contributed by atoms with Crippen molar-refractivity contribution in [1.82, 2.24) is 19.8 Å². The molecule has 0 saturated carbocycles. The molecule has 4 amide bonds. The summed E-state index contributed by atoms with van der Waals surface area (Å²) in [6, 6.07) is 7.87. The fraction of sp³-hybridized carbons (Fsp3) is 0.364. The van der Waals surface area contributed by atoms with Crippen LogP contribution in [0.15, 0.2) is 53.1 Å². The molecule has 14 heteroatoms. The molecule has 2 fully saturated rings. The van der Waals surface area contributed by atoms with E-state index in [4.69, 9.17) is 13.7 Å². The average molecular weight is 521 g/mol. The maximum absolute atomic E-state index is 13.4. The third-order valence-electron chi connectivity index (χ3n) is 5.80. The Morgan fingerprint density at radius 3 is 2.56 bits per heavy atom. The number of furan rings is 1. The number of β-lactam (4-membered cyclic amide) rings is 1. The Bertz CT molecular complexity index is 1230. The van der Waals surface area contributed by atoms with Gasteiger partial charge in [0.05, 0.1) is 18.8 Å². The molecule has 0 bridgehead atoms. The summed E-state index contributed by atoms with van der Waals surface area (Å²) in [4.78, 5) is 52.7. The van der Waals surface area contributed by atoms with Gasteiger partial charge in [-0.25, -0.2) is 14.0 Å². The zero-order valence-corrected chi connectivity index (χ0v) is 19.7. The van der Waals surface area contributed by atoms with Crippen LogP contribution in [0.1, 0.15) is 30.2 Å². The molecule has 192 valence electrons. The fourth-order valence-corrected chi connectivity index (χ4v) is 4.65. The monoisotopic (exact) mass is 520 g/mol. The molecule has 36 heavy (non-hydrogen) atoms. The molecular formula is C22H24N4O9S. The number of imide groups is 1. The number of nitrogens with zero attached hydrogens (tertiary/aromatic N) is 2. The third-order valence-corrected chi connectivity index (χ3v) is 6.69. The van der Waals surface area contributed by atoms with Crippen LogP contribution in [0.2, 0.25) is 0 Å². The van der Waals surface area contributed by atoms with E-state index in [0.717, 1.165) is 0 Å². The van der Waals surface area contributed by atoms with Crippen molar-refractivity contribution in [3.8, 4) is 0 Å². The van der Waals surface area contributed by atoms with Crippen molar-refractivity contribution >= 4 is 34.1 Å². The largest absolute Gasteiger partial charge is 0.467 e. The molecule has 2 aromatic rings. The second-order valence-corrected chi connectivity index (χ2v) is 9.56. The molecule has 1 aromatic heterocycles. The molecule has 3 atom stereocenters. The molecule has 2 aliphatic heterocycles. The molecular weight excluding hydrogens is 496 g/mol. The molecule has 0 radical (unpaired) electrons. The van der Waals surface area contributed by atoms with Gasteiger partial charge in [-0.05, 0) is 37.1 Å². The van der Waals surface area contributed by atoms with Gasteiger partial charge in [-0.1, -0.05) is 30.3 Å². The lowest BCUT2D eigenvalue weighted by atomic mass is 10.1. The van der Waals surface area contributed by atoms with Gasteiger partial charge in [0.1, 0.15) is 18.4 Å². The van der Waals surface area contributed by atoms with E-state index in [9.17, 15) is 27.6 Å². The van der Waals surface area contributed by atoms with E-state index in [1.807, 2.05) is 0 Å². The summed E-state index contributed by atoms with van der Waals surface area (Å²) in [6.45, 7) is -0.133. The van der Waals surface area contributed by atoms with Gasteiger partial charge in [0.25, 0.3) is 11.8 Å². The number of ether oxygens (including phenoxy) is 1. The van der Waals surface area contributed by atoms with Crippen molar-refractivity contribution in [2.24, 2.45) is 0 Å². The highest BCUT2D eigenvalue weighted by atomic mass is 32.2. The summed E-state index contributed by atoms with van der Waals surface area (Å²) in [7, 11) is -4.77. The highest BCUT2D eigenvalue weighted by molar-refractivity contribution is 7.84. The van der Waals surface area contributed by atoms with E-state index in [0.29, 0.717) is 29.8 Å². The topological polar surface area (TPSA) is 176 Å². The molecule has 4 rings (SSSR count). The van der Waals surface area contributed by atoms with Gasteiger partial charge in [0, 0.05) is 0 Å². The van der Waals surface area contributed by atoms with E-state index >= 15 is 0 Å². The van der Waals surface area contributed by atoms with Crippen molar-refractivity contribution in [2.75, 3.05) is 13.1 Å². The van der Waals surface area contributed by atoms with Crippen LogP contribution in [0.4, 0.5) is 4.79 Å². The Hall–Kier alpha value is -3.75. The lowest BCUT2D eigenvalue weighted by Crippen LogP contribution is -2.66. The quantitative estimate of drug-likeness (QED) is 0.326. The van der Waals surface area contributed by atoms with Gasteiger partial charge in [0.15, 0.2) is 6.04 Å². The first-order valence-electron chi connectivity index (χ1n) is 11.1. The molecule has 2 aliphatic rings. The Kier molecular flexibility index (Phi) is 7.37. The fourth-order valence-electron chi connectivity index (χ4n) is 3.96. The first-order valence-corrected chi connectivity index (χ1v) is 12.5. The zero-order chi connectivity index (χ0) is 25.9. The molecule has 3 heterocycles. The predicted octanol–water partition coefficient (Wildman–Crippen LogP) is 0.368. The second kappa shape index (κ2) is 10.5. The standard InChI is InChI=1S/C22H24N4O9S/c27-19(24-16-12-25(20(16)28)36(31,32)33)18(17-9-5-11-34-17)26(21(29)15-8-4-10-23-15)22(30)35-13-14-6-2-1-3-7-14/h1-3,5-7,9,11,15-16,18,23H,4,8,10,12-13H2,(H,24,27)(H,31,32,33)/t15-,16?,18?/m0/s1. The molecule has 3 N–H and O–H groups in total. The summed E-state index contributed by atoms with van der Waals surface area (Å²) >= 11 is 0. The highest BCUT2D eigenvalue weighted by Gasteiger charge is 2.48. The summed E-state index contributed by atoms with van der Waals surface area (Å²) in [6.07, 6.45) is 1.26. The summed E-state index contributed by atoms with van der Waals surface area (Å²) in [5.41, 5.74) is 0.654. The van der Waals surface area contributed by atoms with E-state index < -0.39 is 58.8 Å². The van der Waals surface area contributed by atoms with Gasteiger partial charge < -0.3 is 19.8 Å². The SMILES string of the molecule is O=C(NC1CN(S(=O)(=O)O)C1=O)C(c1ccco1)N(C(=O)OCc1ccccc1)C(=O)[C@@H]1CCCN1. The van der Waals surface area contributed by atoms with Gasteiger partial charge >= 0.3 is 16.4 Å². The predicted molar refractivity (Wildman–Crippen MR) is 121 cm³/mol. The van der Waals surface area contributed by atoms with E-state index in [2.05, 4.69) is 10.6 Å². The molecule has 2 saturated heterocycles. The van der Waals surface area contributed by atoms with E-state index in [1.165, 1.54) is 18.4 Å². The first-order chi connectivity index (χ1) is 17.2. The Balaban J connectivity index is 1.59. The number of hydrogen-bond donors (Lipinski definition) is 3. The van der Waals surface area contributed by atoms with Gasteiger partial charge in [-0.3, -0.25) is 18.9 Å². The van der Waals surface area contributed by atoms with Gasteiger partial charge in [-0.2, -0.15) is 8.42 Å². The van der Waals surface area contributed by atoms with Crippen molar-refractivity contribution in [2.45, 2.75) is 37.6 Å². The van der Waals surface area contributed by atoms with Crippen molar-refractivity contribution in [3.63, 3.8) is 0 Å². The Labute approximate surface area is 206 Å². The molecule has 2 unspecified atom stereocenters. The minimum Gasteiger partial charge on any atom is -0.467 e. The maximum atomic E-state index is 13.4. The zero-order valence-electron chi connectivity index (χ0n) is 18.9. The molecule has 1 aromatic carbocycles. The third kappa shape index (κ3) is 5.40. The van der Waals surface area contributed by atoms with Gasteiger partial charge in [-0.15, -0.1) is 0 Å². The van der Waals surface area contributed by atoms with Crippen LogP contribution in [0.25, 0.3) is 0 Å². The van der Waals surface area contributed by atoms with E-state index in [1.54, 1.807) is 30.3 Å². The molecule has 13 nitrogen and oxygen atoms in total. The number of carbonyl (C=O) groups is 4. The number of nitrogens with one attached hydrogen (secondary N) is 2. The lowest BCUT2D eigenvalue weighted by molar-refractivity contribution is -0.145. The lowest BCUT2D eigenvalue weighted by Gasteiger charge is -2.37. The number of amides is 4. The second-order valence-electron chi connectivity index (χ2n) is 8.22. The van der Waals surface area contributed by atoms with Crippen molar-refractivity contribution in [3.05, 3.63) is 60.1 Å². The minimum absolute atomic E-state index is 0.0751. The summed E-state index contributed by atoms with van der Waals surface area (Å²) in [5, 5.41) is 5.30. The van der Waals surface area contributed by atoms with Crippen LogP contribution in [-0.4, -0.2) is 71.2 Å². The van der Waals surface area contributed by atoms with Crippen molar-refractivity contribution < 1.29 is 41.3 Å². The highest BCUT2D eigenvalue weighted by Crippen LogP contribution is 2.27. The smallest absolute Gasteiger partial charge is 0.418 e. The normalized spacial score (nSPS) is 20.4. The molecule has 0 aliphatic carbocycles.